The summed E-state index contributed by atoms with van der Waals surface area (Å²) in [6, 6.07) is 12.7. The molecule has 2 aromatic carbocycles. The summed E-state index contributed by atoms with van der Waals surface area (Å²) in [6.45, 7) is 2.00. The molecular formula is C14H14N2O2. The number of nitrogen functional groups attached to an aromatic ring is 1. The molecule has 92 valence electrons. The van der Waals surface area contributed by atoms with Gasteiger partial charge in [0.2, 0.25) is 0 Å². The van der Waals surface area contributed by atoms with E-state index >= 15 is 0 Å². The van der Waals surface area contributed by atoms with Gasteiger partial charge in [0.1, 0.15) is 0 Å². The molecular weight excluding hydrogens is 228 g/mol. The van der Waals surface area contributed by atoms with Crippen LogP contribution in [0.15, 0.2) is 42.5 Å². The molecule has 0 aliphatic carbocycles. The first-order chi connectivity index (χ1) is 8.58. The zero-order chi connectivity index (χ0) is 13.1. The molecule has 0 radical (unpaired) electrons. The number of rotatable bonds is 3. The lowest BCUT2D eigenvalue weighted by Crippen LogP contribution is -2.05. The van der Waals surface area contributed by atoms with Crippen molar-refractivity contribution in [3.63, 3.8) is 0 Å². The number of aryl methyl sites for hydroxylation is 1. The predicted molar refractivity (Wildman–Crippen MR) is 72.3 cm³/mol. The predicted octanol–water partition coefficient (Wildman–Crippen LogP) is 3.02. The van der Waals surface area contributed by atoms with Gasteiger partial charge in [0, 0.05) is 5.69 Å². The van der Waals surface area contributed by atoms with Crippen LogP contribution >= 0.6 is 0 Å². The molecule has 2 rings (SSSR count). The Morgan fingerprint density at radius 2 is 1.83 bits per heavy atom. The van der Waals surface area contributed by atoms with E-state index in [9.17, 15) is 4.79 Å². The van der Waals surface area contributed by atoms with Crippen molar-refractivity contribution >= 4 is 23.0 Å². The second-order valence-electron chi connectivity index (χ2n) is 4.06. The second-order valence-corrected chi connectivity index (χ2v) is 4.06. The van der Waals surface area contributed by atoms with Crippen LogP contribution in [-0.2, 0) is 0 Å². The zero-order valence-corrected chi connectivity index (χ0v) is 9.97. The molecule has 0 saturated carbocycles. The summed E-state index contributed by atoms with van der Waals surface area (Å²) < 4.78 is 0. The first-order valence-electron chi connectivity index (χ1n) is 5.53. The van der Waals surface area contributed by atoms with Gasteiger partial charge in [-0.3, -0.25) is 0 Å². The van der Waals surface area contributed by atoms with Gasteiger partial charge in [-0.1, -0.05) is 23.8 Å². The third-order valence-corrected chi connectivity index (χ3v) is 2.67. The van der Waals surface area contributed by atoms with Crippen molar-refractivity contribution in [3.05, 3.63) is 53.6 Å². The Labute approximate surface area is 105 Å². The molecule has 0 heterocycles. The number of aromatic carboxylic acids is 1. The SMILES string of the molecule is Cc1ccc(Nc2cccc(C(=O)O)c2N)cc1. The fourth-order valence-corrected chi connectivity index (χ4v) is 1.65. The number of carboxylic acid groups (broad SMARTS) is 1. The standard InChI is InChI=1S/C14H14N2O2/c1-9-5-7-10(8-6-9)16-12-4-2-3-11(13(12)15)14(17)18/h2-8,16H,15H2,1H3,(H,17,18). The molecule has 2 aromatic rings. The van der Waals surface area contributed by atoms with Crippen LogP contribution < -0.4 is 11.1 Å². The molecule has 0 fully saturated rings. The molecule has 0 aliphatic rings. The summed E-state index contributed by atoms with van der Waals surface area (Å²) in [5.41, 5.74) is 8.79. The van der Waals surface area contributed by atoms with E-state index in [2.05, 4.69) is 5.32 Å². The van der Waals surface area contributed by atoms with Gasteiger partial charge in [0.05, 0.1) is 16.9 Å². The maximum absolute atomic E-state index is 11.0. The monoisotopic (exact) mass is 242 g/mol. The minimum Gasteiger partial charge on any atom is -0.478 e. The molecule has 4 heteroatoms. The third-order valence-electron chi connectivity index (χ3n) is 2.67. The molecule has 0 amide bonds. The van der Waals surface area contributed by atoms with Crippen molar-refractivity contribution in [1.29, 1.82) is 0 Å². The van der Waals surface area contributed by atoms with Crippen LogP contribution in [-0.4, -0.2) is 11.1 Å². The largest absolute Gasteiger partial charge is 0.478 e. The van der Waals surface area contributed by atoms with Crippen molar-refractivity contribution < 1.29 is 9.90 Å². The average molecular weight is 242 g/mol. The van der Waals surface area contributed by atoms with Gasteiger partial charge in [0.25, 0.3) is 0 Å². The maximum atomic E-state index is 11.0. The van der Waals surface area contributed by atoms with Gasteiger partial charge >= 0.3 is 5.97 Å². The smallest absolute Gasteiger partial charge is 0.337 e. The Balaban J connectivity index is 2.32. The summed E-state index contributed by atoms with van der Waals surface area (Å²) in [5, 5.41) is 12.1. The van der Waals surface area contributed by atoms with Gasteiger partial charge in [-0.25, -0.2) is 4.79 Å². The summed E-state index contributed by atoms with van der Waals surface area (Å²) >= 11 is 0. The Morgan fingerprint density at radius 3 is 2.44 bits per heavy atom. The molecule has 4 N–H and O–H groups in total. The highest BCUT2D eigenvalue weighted by molar-refractivity contribution is 5.97. The Hall–Kier alpha value is -2.49. The second kappa shape index (κ2) is 4.79. The lowest BCUT2D eigenvalue weighted by atomic mass is 10.1. The van der Waals surface area contributed by atoms with Gasteiger partial charge in [-0.2, -0.15) is 0 Å². The summed E-state index contributed by atoms with van der Waals surface area (Å²) in [6.07, 6.45) is 0. The Bertz CT molecular complexity index is 577. The lowest BCUT2D eigenvalue weighted by Gasteiger charge is -2.11. The molecule has 0 unspecified atom stereocenters. The molecule has 0 atom stereocenters. The quantitative estimate of drug-likeness (QED) is 0.723. The van der Waals surface area contributed by atoms with Gasteiger partial charge in [0.15, 0.2) is 0 Å². The number of hydrogen-bond donors (Lipinski definition) is 3. The molecule has 0 aromatic heterocycles. The van der Waals surface area contributed by atoms with Gasteiger partial charge in [-0.05, 0) is 31.2 Å². The highest BCUT2D eigenvalue weighted by atomic mass is 16.4. The van der Waals surface area contributed by atoms with Crippen LogP contribution in [0.3, 0.4) is 0 Å². The number of nitrogens with two attached hydrogens (primary N) is 1. The number of carboxylic acids is 1. The molecule has 0 spiro atoms. The molecule has 0 bridgehead atoms. The number of carbonyl (C=O) groups is 1. The number of hydrogen-bond acceptors (Lipinski definition) is 3. The maximum Gasteiger partial charge on any atom is 0.337 e. The first-order valence-corrected chi connectivity index (χ1v) is 5.53. The van der Waals surface area contributed by atoms with E-state index in [1.807, 2.05) is 31.2 Å². The van der Waals surface area contributed by atoms with Crippen LogP contribution in [0.25, 0.3) is 0 Å². The van der Waals surface area contributed by atoms with E-state index < -0.39 is 5.97 Å². The number of anilines is 3. The van der Waals surface area contributed by atoms with Crippen molar-refractivity contribution in [3.8, 4) is 0 Å². The Kier molecular flexibility index (Phi) is 3.19. The summed E-state index contributed by atoms with van der Waals surface area (Å²) in [5.74, 6) is -1.03. The summed E-state index contributed by atoms with van der Waals surface area (Å²) in [4.78, 5) is 11.0. The molecule has 4 nitrogen and oxygen atoms in total. The molecule has 0 aliphatic heterocycles. The van der Waals surface area contributed by atoms with Crippen molar-refractivity contribution in [2.45, 2.75) is 6.92 Å². The average Bonchev–Trinajstić information content (AvgIpc) is 2.34. The van der Waals surface area contributed by atoms with Crippen LogP contribution in [0.5, 0.6) is 0 Å². The highest BCUT2D eigenvalue weighted by Crippen LogP contribution is 2.26. The summed E-state index contributed by atoms with van der Waals surface area (Å²) in [7, 11) is 0. The molecule has 18 heavy (non-hydrogen) atoms. The zero-order valence-electron chi connectivity index (χ0n) is 9.97. The normalized spacial score (nSPS) is 10.1. The fraction of sp³-hybridized carbons (Fsp3) is 0.0714. The Morgan fingerprint density at radius 1 is 1.17 bits per heavy atom. The van der Waals surface area contributed by atoms with Crippen LogP contribution in [0.4, 0.5) is 17.1 Å². The molecule has 0 saturated heterocycles. The minimum absolute atomic E-state index is 0.104. The van der Waals surface area contributed by atoms with E-state index in [1.54, 1.807) is 12.1 Å². The topological polar surface area (TPSA) is 75.3 Å². The number of benzene rings is 2. The number of para-hydroxylation sites is 1. The van der Waals surface area contributed by atoms with E-state index in [4.69, 9.17) is 10.8 Å². The van der Waals surface area contributed by atoms with E-state index in [0.29, 0.717) is 5.69 Å². The van der Waals surface area contributed by atoms with Crippen molar-refractivity contribution in [2.75, 3.05) is 11.1 Å². The van der Waals surface area contributed by atoms with E-state index in [1.165, 1.54) is 6.07 Å². The first kappa shape index (κ1) is 12.0. The third kappa shape index (κ3) is 2.43. The highest BCUT2D eigenvalue weighted by Gasteiger charge is 2.10. The fourth-order valence-electron chi connectivity index (χ4n) is 1.65. The van der Waals surface area contributed by atoms with Gasteiger partial charge < -0.3 is 16.2 Å². The van der Waals surface area contributed by atoms with E-state index in [0.717, 1.165) is 11.3 Å². The van der Waals surface area contributed by atoms with Crippen LogP contribution in [0.1, 0.15) is 15.9 Å². The van der Waals surface area contributed by atoms with Crippen LogP contribution in [0, 0.1) is 6.92 Å². The van der Waals surface area contributed by atoms with Crippen molar-refractivity contribution in [1.82, 2.24) is 0 Å². The van der Waals surface area contributed by atoms with E-state index in [-0.39, 0.29) is 11.3 Å². The number of nitrogens with one attached hydrogen (secondary N) is 1. The minimum atomic E-state index is -1.03. The van der Waals surface area contributed by atoms with Crippen LogP contribution in [0.2, 0.25) is 0 Å². The van der Waals surface area contributed by atoms with Gasteiger partial charge in [-0.15, -0.1) is 0 Å². The lowest BCUT2D eigenvalue weighted by molar-refractivity contribution is 0.0698. The van der Waals surface area contributed by atoms with Crippen molar-refractivity contribution in [2.24, 2.45) is 0 Å².